The van der Waals surface area contributed by atoms with E-state index < -0.39 is 0 Å². The van der Waals surface area contributed by atoms with Gasteiger partial charge in [0.1, 0.15) is 21.8 Å². The lowest BCUT2D eigenvalue weighted by molar-refractivity contribution is -0.122. The average molecular weight is 490 g/mol. The van der Waals surface area contributed by atoms with Gasteiger partial charge in [-0.05, 0) is 31.5 Å². The first-order chi connectivity index (χ1) is 15.9. The van der Waals surface area contributed by atoms with Crippen LogP contribution in [0.3, 0.4) is 0 Å². The van der Waals surface area contributed by atoms with Crippen molar-refractivity contribution in [3.8, 4) is 6.07 Å². The quantitative estimate of drug-likeness (QED) is 0.407. The van der Waals surface area contributed by atoms with Crippen LogP contribution in [0.2, 0.25) is 0 Å². The van der Waals surface area contributed by atoms with Crippen molar-refractivity contribution < 1.29 is 9.53 Å². The first-order valence-corrected chi connectivity index (χ1v) is 12.5. The minimum absolute atomic E-state index is 0.125. The first kappa shape index (κ1) is 25.4. The number of likely N-dealkylation sites (N-methyl/N-ethyl adjacent to an activating group) is 1. The van der Waals surface area contributed by atoms with E-state index in [0.717, 1.165) is 50.5 Å². The lowest BCUT2D eigenvalue weighted by Crippen LogP contribution is -2.48. The number of ether oxygens (including phenoxy) is 1. The summed E-state index contributed by atoms with van der Waals surface area (Å²) in [5.74, 6) is 0.617. The number of anilines is 1. The second kappa shape index (κ2) is 11.3. The van der Waals surface area contributed by atoms with Crippen LogP contribution in [0.5, 0.6) is 0 Å². The van der Waals surface area contributed by atoms with E-state index in [1.54, 1.807) is 18.6 Å². The Hall–Kier alpha value is -2.19. The Morgan fingerprint density at radius 3 is 2.45 bits per heavy atom. The maximum Gasteiger partial charge on any atom is 0.270 e. The molecule has 0 N–H and O–H groups in total. The topological polar surface area (TPSA) is 81.8 Å². The molecule has 0 aromatic carbocycles. The number of carbonyl (C=O) groups is 1. The van der Waals surface area contributed by atoms with Crippen molar-refractivity contribution in [1.29, 1.82) is 5.26 Å². The number of amides is 1. The Balaban J connectivity index is 2.16. The van der Waals surface area contributed by atoms with E-state index in [9.17, 15) is 14.9 Å². The van der Waals surface area contributed by atoms with Gasteiger partial charge in [0.15, 0.2) is 0 Å². The Bertz CT molecular complexity index is 1050. The predicted octanol–water partition coefficient (Wildman–Crippen LogP) is 2.43. The molecule has 2 fully saturated rings. The molecule has 1 amide bonds. The lowest BCUT2D eigenvalue weighted by atomic mass is 10.0. The van der Waals surface area contributed by atoms with Crippen molar-refractivity contribution in [2.24, 2.45) is 0 Å². The molecule has 2 saturated heterocycles. The number of nitrogens with zero attached hydrogens (tertiary/aromatic N) is 5. The number of piperazine rings is 1. The summed E-state index contributed by atoms with van der Waals surface area (Å²) in [6, 6.07) is 2.10. The summed E-state index contributed by atoms with van der Waals surface area (Å²) in [6.45, 7) is 11.6. The number of carbonyl (C=O) groups excluding carboxylic acids is 1. The predicted molar refractivity (Wildman–Crippen MR) is 137 cm³/mol. The van der Waals surface area contributed by atoms with Gasteiger partial charge >= 0.3 is 0 Å². The molecule has 0 radical (unpaired) electrons. The highest BCUT2D eigenvalue weighted by molar-refractivity contribution is 8.26. The molecule has 2 aliphatic rings. The molecule has 0 atom stereocenters. The van der Waals surface area contributed by atoms with E-state index in [-0.39, 0.29) is 17.0 Å². The van der Waals surface area contributed by atoms with Crippen molar-refractivity contribution in [3.05, 3.63) is 31.9 Å². The summed E-state index contributed by atoms with van der Waals surface area (Å²) in [4.78, 5) is 32.9. The molecule has 0 saturated carbocycles. The fourth-order valence-electron chi connectivity index (χ4n) is 4.20. The normalized spacial score (nSPS) is 18.5. The standard InChI is InChI=1S/C23H31N5O3S2/c1-5-7-27-20(26-10-8-25(6-2)9-11-26)17(16(3)18(15-24)21(27)29)14-19-22(30)28(12-13-31-4)23(32)33-19/h14H,5-13H2,1-4H3/b19-14+. The van der Waals surface area contributed by atoms with E-state index in [1.165, 1.54) is 16.7 Å². The third kappa shape index (κ3) is 5.17. The number of rotatable bonds is 8. The highest BCUT2D eigenvalue weighted by atomic mass is 32.2. The highest BCUT2D eigenvalue weighted by Gasteiger charge is 2.33. The summed E-state index contributed by atoms with van der Waals surface area (Å²) in [5.41, 5.74) is 1.21. The van der Waals surface area contributed by atoms with E-state index in [4.69, 9.17) is 17.0 Å². The molecule has 1 aromatic heterocycles. The van der Waals surface area contributed by atoms with E-state index in [2.05, 4.69) is 22.8 Å². The van der Waals surface area contributed by atoms with Crippen LogP contribution in [0.15, 0.2) is 9.70 Å². The zero-order valence-electron chi connectivity index (χ0n) is 19.7. The van der Waals surface area contributed by atoms with E-state index in [1.807, 2.05) is 13.0 Å². The maximum atomic E-state index is 13.2. The van der Waals surface area contributed by atoms with Crippen molar-refractivity contribution in [2.45, 2.75) is 33.7 Å². The Morgan fingerprint density at radius 1 is 1.18 bits per heavy atom. The van der Waals surface area contributed by atoms with Crippen molar-refractivity contribution >= 4 is 46.1 Å². The van der Waals surface area contributed by atoms with Crippen molar-refractivity contribution in [3.63, 3.8) is 0 Å². The molecular weight excluding hydrogens is 458 g/mol. The smallest absolute Gasteiger partial charge is 0.270 e. The van der Waals surface area contributed by atoms with Gasteiger partial charge in [-0.2, -0.15) is 5.26 Å². The van der Waals surface area contributed by atoms with Gasteiger partial charge in [0.25, 0.3) is 11.5 Å². The second-order valence-corrected chi connectivity index (χ2v) is 9.73. The van der Waals surface area contributed by atoms with Gasteiger partial charge in [0.2, 0.25) is 0 Å². The molecule has 33 heavy (non-hydrogen) atoms. The zero-order valence-corrected chi connectivity index (χ0v) is 21.4. The fourth-order valence-corrected chi connectivity index (χ4v) is 5.49. The van der Waals surface area contributed by atoms with Gasteiger partial charge in [-0.15, -0.1) is 0 Å². The number of thiocarbonyl (C=S) groups is 1. The molecule has 0 bridgehead atoms. The highest BCUT2D eigenvalue weighted by Crippen LogP contribution is 2.36. The van der Waals surface area contributed by atoms with Crippen molar-refractivity contribution in [2.75, 3.05) is 57.9 Å². The van der Waals surface area contributed by atoms with E-state index >= 15 is 0 Å². The molecule has 10 heteroatoms. The molecule has 8 nitrogen and oxygen atoms in total. The van der Waals surface area contributed by atoms with Gasteiger partial charge in [-0.1, -0.05) is 37.8 Å². The summed E-state index contributed by atoms with van der Waals surface area (Å²) in [5, 5.41) is 9.76. The molecule has 0 aliphatic carbocycles. The van der Waals surface area contributed by atoms with Gasteiger partial charge in [-0.3, -0.25) is 19.1 Å². The largest absolute Gasteiger partial charge is 0.383 e. The van der Waals surface area contributed by atoms with Crippen LogP contribution in [0, 0.1) is 18.3 Å². The Morgan fingerprint density at radius 2 is 1.88 bits per heavy atom. The Kier molecular flexibility index (Phi) is 8.70. The van der Waals surface area contributed by atoms with Crippen LogP contribution in [0.1, 0.15) is 37.0 Å². The van der Waals surface area contributed by atoms with Gasteiger partial charge in [0, 0.05) is 45.4 Å². The van der Waals surface area contributed by atoms with Crippen LogP contribution < -0.4 is 10.5 Å². The minimum Gasteiger partial charge on any atom is -0.383 e. The monoisotopic (exact) mass is 489 g/mol. The van der Waals surface area contributed by atoms with Gasteiger partial charge < -0.3 is 14.5 Å². The van der Waals surface area contributed by atoms with Crippen molar-refractivity contribution in [1.82, 2.24) is 14.4 Å². The van der Waals surface area contributed by atoms with Crippen LogP contribution in [0.4, 0.5) is 5.82 Å². The molecule has 3 rings (SSSR count). The lowest BCUT2D eigenvalue weighted by Gasteiger charge is -2.37. The number of methoxy groups -OCH3 is 1. The molecule has 0 unspecified atom stereocenters. The molecule has 3 heterocycles. The number of pyridine rings is 1. The molecular formula is C23H31N5O3S2. The number of hydrogen-bond donors (Lipinski definition) is 0. The van der Waals surface area contributed by atoms with Gasteiger partial charge in [-0.25, -0.2) is 0 Å². The summed E-state index contributed by atoms with van der Waals surface area (Å²) in [6.07, 6.45) is 2.57. The second-order valence-electron chi connectivity index (χ2n) is 8.05. The van der Waals surface area contributed by atoms with Crippen LogP contribution in [-0.4, -0.2) is 77.6 Å². The summed E-state index contributed by atoms with van der Waals surface area (Å²) < 4.78 is 7.31. The number of aromatic nitrogens is 1. The number of nitriles is 1. The minimum atomic E-state index is -0.269. The molecule has 2 aliphatic heterocycles. The van der Waals surface area contributed by atoms with Crippen LogP contribution >= 0.6 is 24.0 Å². The van der Waals surface area contributed by atoms with Crippen LogP contribution in [0.25, 0.3) is 6.08 Å². The molecule has 178 valence electrons. The maximum absolute atomic E-state index is 13.2. The molecule has 0 spiro atoms. The Labute approximate surface area is 204 Å². The van der Waals surface area contributed by atoms with Crippen LogP contribution in [-0.2, 0) is 16.1 Å². The summed E-state index contributed by atoms with van der Waals surface area (Å²) >= 11 is 6.67. The molecule has 1 aromatic rings. The zero-order chi connectivity index (χ0) is 24.1. The van der Waals surface area contributed by atoms with E-state index in [0.29, 0.717) is 34.5 Å². The number of hydrogen-bond acceptors (Lipinski definition) is 8. The average Bonchev–Trinajstić information content (AvgIpc) is 3.08. The SMILES string of the molecule is CCCn1c(N2CCN(CC)CC2)c(/C=C2/SC(=S)N(CCOC)C2=O)c(C)c(C#N)c1=O. The van der Waals surface area contributed by atoms with Gasteiger partial charge in [0.05, 0.1) is 18.1 Å². The summed E-state index contributed by atoms with van der Waals surface area (Å²) in [7, 11) is 1.59. The fraction of sp³-hybridized carbons (Fsp3) is 0.565. The number of thioether (sulfide) groups is 1. The third-order valence-electron chi connectivity index (χ3n) is 6.08. The third-order valence-corrected chi connectivity index (χ3v) is 7.46. The first-order valence-electron chi connectivity index (χ1n) is 11.3.